The number of nitrogens with zero attached hydrogens (tertiary/aromatic N) is 3. The van der Waals surface area contributed by atoms with Crippen molar-refractivity contribution in [1.29, 1.82) is 0 Å². The molecule has 0 aromatic carbocycles. The molecule has 3 fully saturated rings. The second-order valence-corrected chi connectivity index (χ2v) is 6.52. The van der Waals surface area contributed by atoms with Gasteiger partial charge in [0.2, 0.25) is 6.41 Å². The molecular weight excluding hydrogens is 252 g/mol. The molecule has 0 aromatic heterocycles. The van der Waals surface area contributed by atoms with Gasteiger partial charge in [0.15, 0.2) is 0 Å². The Kier molecular flexibility index (Phi) is 4.91. The summed E-state index contributed by atoms with van der Waals surface area (Å²) in [6.07, 6.45) is 8.89. The molecule has 3 rings (SSSR count). The first-order valence-electron chi connectivity index (χ1n) is 8.29. The van der Waals surface area contributed by atoms with E-state index >= 15 is 0 Å². The largest absolute Gasteiger partial charge is 0.299 e. The van der Waals surface area contributed by atoms with Crippen LogP contribution >= 0.6 is 0 Å². The number of hydrogen-bond acceptors (Lipinski definition) is 4. The van der Waals surface area contributed by atoms with Crippen molar-refractivity contribution in [2.75, 3.05) is 39.3 Å². The highest BCUT2D eigenvalue weighted by Gasteiger charge is 2.33. The summed E-state index contributed by atoms with van der Waals surface area (Å²) in [5.41, 5.74) is 2.80. The van der Waals surface area contributed by atoms with Crippen LogP contribution in [0.3, 0.4) is 0 Å². The Morgan fingerprint density at radius 2 is 1.55 bits per heavy atom. The molecular formula is C15H28N4O. The number of rotatable bonds is 4. The molecule has 0 saturated carbocycles. The summed E-state index contributed by atoms with van der Waals surface area (Å²) in [6, 6.07) is 1.41. The lowest BCUT2D eigenvalue weighted by molar-refractivity contribution is -0.113. The number of nitrogens with one attached hydrogen (secondary N) is 1. The van der Waals surface area contributed by atoms with Crippen LogP contribution in [-0.4, -0.2) is 72.6 Å². The topological polar surface area (TPSA) is 38.8 Å². The van der Waals surface area contributed by atoms with E-state index in [1.165, 1.54) is 64.7 Å². The minimum atomic E-state index is 0.634. The zero-order valence-electron chi connectivity index (χ0n) is 12.5. The fraction of sp³-hybridized carbons (Fsp3) is 0.933. The number of carbonyl (C=O) groups is 1. The van der Waals surface area contributed by atoms with Gasteiger partial charge in [-0.2, -0.15) is 0 Å². The molecule has 5 heteroatoms. The first-order chi connectivity index (χ1) is 9.86. The Morgan fingerprint density at radius 3 is 2.35 bits per heavy atom. The predicted octanol–water partition coefficient (Wildman–Crippen LogP) is 0.672. The van der Waals surface area contributed by atoms with Crippen LogP contribution in [-0.2, 0) is 4.79 Å². The first-order valence-corrected chi connectivity index (χ1v) is 8.29. The van der Waals surface area contributed by atoms with Crippen LogP contribution in [0.25, 0.3) is 0 Å². The molecule has 3 heterocycles. The molecule has 3 saturated heterocycles. The second-order valence-electron chi connectivity index (χ2n) is 6.52. The van der Waals surface area contributed by atoms with Crippen LogP contribution in [0.1, 0.15) is 38.5 Å². The number of carbonyl (C=O) groups excluding carboxylic acids is 1. The van der Waals surface area contributed by atoms with Crippen LogP contribution in [0, 0.1) is 0 Å². The summed E-state index contributed by atoms with van der Waals surface area (Å²) >= 11 is 0. The maximum absolute atomic E-state index is 10.5. The Hall–Kier alpha value is -0.650. The van der Waals surface area contributed by atoms with E-state index in [4.69, 9.17) is 0 Å². The third-order valence-electron chi connectivity index (χ3n) is 5.25. The van der Waals surface area contributed by atoms with E-state index in [0.717, 1.165) is 25.5 Å². The third kappa shape index (κ3) is 3.32. The molecule has 3 aliphatic rings. The van der Waals surface area contributed by atoms with Crippen molar-refractivity contribution in [2.24, 2.45) is 0 Å². The maximum Gasteiger partial charge on any atom is 0.221 e. The molecule has 5 nitrogen and oxygen atoms in total. The van der Waals surface area contributed by atoms with Gasteiger partial charge in [-0.25, -0.2) is 5.01 Å². The van der Waals surface area contributed by atoms with Gasteiger partial charge in [-0.1, -0.05) is 6.42 Å². The van der Waals surface area contributed by atoms with Crippen molar-refractivity contribution in [3.8, 4) is 0 Å². The first kappa shape index (κ1) is 14.3. The maximum atomic E-state index is 10.5. The van der Waals surface area contributed by atoms with E-state index in [0.29, 0.717) is 6.04 Å². The van der Waals surface area contributed by atoms with E-state index in [-0.39, 0.29) is 0 Å². The molecule has 20 heavy (non-hydrogen) atoms. The van der Waals surface area contributed by atoms with Gasteiger partial charge in [-0.15, -0.1) is 0 Å². The zero-order chi connectivity index (χ0) is 13.8. The Morgan fingerprint density at radius 1 is 0.800 bits per heavy atom. The number of likely N-dealkylation sites (tertiary alicyclic amines) is 2. The van der Waals surface area contributed by atoms with Crippen molar-refractivity contribution in [3.05, 3.63) is 0 Å². The molecule has 114 valence electrons. The van der Waals surface area contributed by atoms with Gasteiger partial charge in [0.25, 0.3) is 0 Å². The van der Waals surface area contributed by atoms with Gasteiger partial charge in [0.05, 0.1) is 0 Å². The molecule has 0 radical (unpaired) electrons. The van der Waals surface area contributed by atoms with Gasteiger partial charge in [0, 0.05) is 31.7 Å². The van der Waals surface area contributed by atoms with Crippen molar-refractivity contribution >= 4 is 6.41 Å². The van der Waals surface area contributed by atoms with Crippen molar-refractivity contribution in [1.82, 2.24) is 20.2 Å². The van der Waals surface area contributed by atoms with Gasteiger partial charge in [-0.3, -0.25) is 20.0 Å². The minimum absolute atomic E-state index is 0.634. The van der Waals surface area contributed by atoms with E-state index < -0.39 is 0 Å². The number of hydrogen-bond donors (Lipinski definition) is 1. The van der Waals surface area contributed by atoms with E-state index in [9.17, 15) is 4.79 Å². The predicted molar refractivity (Wildman–Crippen MR) is 79.2 cm³/mol. The van der Waals surface area contributed by atoms with Crippen molar-refractivity contribution in [2.45, 2.75) is 50.6 Å². The molecule has 0 spiro atoms. The highest BCUT2D eigenvalue weighted by Crippen LogP contribution is 2.24. The lowest BCUT2D eigenvalue weighted by atomic mass is 9.99. The average molecular weight is 280 g/mol. The second kappa shape index (κ2) is 6.87. The van der Waals surface area contributed by atoms with E-state index in [1.54, 1.807) is 0 Å². The van der Waals surface area contributed by atoms with Gasteiger partial charge >= 0.3 is 0 Å². The van der Waals surface area contributed by atoms with Crippen LogP contribution < -0.4 is 5.43 Å². The van der Waals surface area contributed by atoms with Crippen LogP contribution in [0.2, 0.25) is 0 Å². The lowest BCUT2D eigenvalue weighted by Crippen LogP contribution is -2.53. The van der Waals surface area contributed by atoms with Crippen molar-refractivity contribution < 1.29 is 4.79 Å². The summed E-state index contributed by atoms with van der Waals surface area (Å²) in [7, 11) is 0. The monoisotopic (exact) mass is 280 g/mol. The SMILES string of the molecule is O=CNN1CCC(N2CCCC(N3CCCCC3)C2)C1. The summed E-state index contributed by atoms with van der Waals surface area (Å²) in [5, 5.41) is 2.06. The fourth-order valence-electron chi connectivity index (χ4n) is 4.13. The van der Waals surface area contributed by atoms with Crippen LogP contribution in [0.4, 0.5) is 0 Å². The van der Waals surface area contributed by atoms with Gasteiger partial charge in [0.1, 0.15) is 0 Å². The highest BCUT2D eigenvalue weighted by molar-refractivity contribution is 5.45. The smallest absolute Gasteiger partial charge is 0.221 e. The zero-order valence-corrected chi connectivity index (χ0v) is 12.5. The Labute approximate surface area is 122 Å². The normalized spacial score (nSPS) is 34.2. The van der Waals surface area contributed by atoms with E-state index in [1.807, 2.05) is 0 Å². The van der Waals surface area contributed by atoms with Gasteiger partial charge < -0.3 is 0 Å². The molecule has 0 aromatic rings. The summed E-state index contributed by atoms with van der Waals surface area (Å²) in [6.45, 7) is 7.08. The summed E-state index contributed by atoms with van der Waals surface area (Å²) in [5.74, 6) is 0. The average Bonchev–Trinajstić information content (AvgIpc) is 2.97. The molecule has 0 bridgehead atoms. The molecule has 2 unspecified atom stereocenters. The highest BCUT2D eigenvalue weighted by atomic mass is 16.1. The van der Waals surface area contributed by atoms with Crippen LogP contribution in [0.5, 0.6) is 0 Å². The third-order valence-corrected chi connectivity index (χ3v) is 5.25. The summed E-state index contributed by atoms with van der Waals surface area (Å²) in [4.78, 5) is 15.9. The number of hydrazine groups is 1. The minimum Gasteiger partial charge on any atom is -0.299 e. The molecule has 1 amide bonds. The Bertz CT molecular complexity index is 319. The Balaban J connectivity index is 1.51. The van der Waals surface area contributed by atoms with Crippen molar-refractivity contribution in [3.63, 3.8) is 0 Å². The molecule has 2 atom stereocenters. The molecule has 3 aliphatic heterocycles. The quantitative estimate of drug-likeness (QED) is 0.768. The summed E-state index contributed by atoms with van der Waals surface area (Å²) < 4.78 is 0. The standard InChI is InChI=1S/C15H28N4O/c20-13-16-19-10-6-15(12-19)18-9-4-5-14(11-18)17-7-2-1-3-8-17/h13-15H,1-12H2,(H,16,20). The molecule has 0 aliphatic carbocycles. The van der Waals surface area contributed by atoms with E-state index in [2.05, 4.69) is 20.2 Å². The number of piperidine rings is 2. The van der Waals surface area contributed by atoms with Crippen LogP contribution in [0.15, 0.2) is 0 Å². The molecule has 1 N–H and O–H groups in total. The lowest BCUT2D eigenvalue weighted by Gasteiger charge is -2.43. The fourth-order valence-corrected chi connectivity index (χ4v) is 4.13. The van der Waals surface area contributed by atoms with Gasteiger partial charge in [-0.05, 0) is 51.7 Å². The number of amides is 1.